The minimum Gasteiger partial charge on any atom is -0.497 e. The normalized spacial score (nSPS) is 11.6. The fourth-order valence-electron chi connectivity index (χ4n) is 3.12. The molecule has 0 unspecified atom stereocenters. The number of hydrogen-bond donors (Lipinski definition) is 1. The number of nitrogens with one attached hydrogen (secondary N) is 1. The molecule has 0 aliphatic carbocycles. The van der Waals surface area contributed by atoms with Crippen molar-refractivity contribution in [2.24, 2.45) is 0 Å². The number of amides is 2. The minimum absolute atomic E-state index is 0.0103. The van der Waals surface area contributed by atoms with Crippen molar-refractivity contribution in [1.82, 2.24) is 10.2 Å². The van der Waals surface area contributed by atoms with Crippen molar-refractivity contribution in [3.05, 3.63) is 65.7 Å². The molecule has 5 nitrogen and oxygen atoms in total. The Hall–Kier alpha value is -2.47. The Morgan fingerprint density at radius 2 is 1.83 bits per heavy atom. The number of hydrogen-bond acceptors (Lipinski definition) is 4. The van der Waals surface area contributed by atoms with Gasteiger partial charge in [0.05, 0.1) is 7.11 Å². The van der Waals surface area contributed by atoms with E-state index in [2.05, 4.69) is 17.4 Å². The van der Waals surface area contributed by atoms with E-state index in [0.717, 1.165) is 17.1 Å². The van der Waals surface area contributed by atoms with E-state index in [1.807, 2.05) is 49.4 Å². The molecule has 2 amide bonds. The van der Waals surface area contributed by atoms with Crippen molar-refractivity contribution in [1.29, 1.82) is 0 Å². The third kappa shape index (κ3) is 7.13. The smallest absolute Gasteiger partial charge is 0.242 e. The largest absolute Gasteiger partial charge is 0.497 e. The third-order valence-electron chi connectivity index (χ3n) is 4.69. The van der Waals surface area contributed by atoms with Gasteiger partial charge in [-0.2, -0.15) is 11.8 Å². The maximum absolute atomic E-state index is 13.0. The zero-order chi connectivity index (χ0) is 21.1. The number of benzene rings is 2. The van der Waals surface area contributed by atoms with Gasteiger partial charge in [-0.3, -0.25) is 9.59 Å². The maximum atomic E-state index is 13.0. The Bertz CT molecular complexity index is 783. The number of likely N-dealkylation sites (N-methyl/N-ethyl adjacent to an activating group) is 1. The van der Waals surface area contributed by atoms with Crippen molar-refractivity contribution in [2.45, 2.75) is 38.1 Å². The van der Waals surface area contributed by atoms with E-state index >= 15 is 0 Å². The van der Waals surface area contributed by atoms with Gasteiger partial charge in [-0.25, -0.2) is 0 Å². The summed E-state index contributed by atoms with van der Waals surface area (Å²) < 4.78 is 5.29. The Morgan fingerprint density at radius 3 is 2.48 bits per heavy atom. The van der Waals surface area contributed by atoms with Gasteiger partial charge < -0.3 is 15.0 Å². The summed E-state index contributed by atoms with van der Waals surface area (Å²) in [5.74, 6) is 2.18. The third-order valence-corrected chi connectivity index (χ3v) is 5.72. The van der Waals surface area contributed by atoms with Gasteiger partial charge in [0.25, 0.3) is 0 Å². The van der Waals surface area contributed by atoms with Crippen LogP contribution in [0.5, 0.6) is 5.75 Å². The molecule has 0 spiro atoms. The van der Waals surface area contributed by atoms with Crippen LogP contribution in [0.15, 0.2) is 54.6 Å². The van der Waals surface area contributed by atoms with E-state index in [0.29, 0.717) is 25.1 Å². The molecule has 0 heterocycles. The molecule has 1 atom stereocenters. The predicted octanol–water partition coefficient (Wildman–Crippen LogP) is 3.87. The lowest BCUT2D eigenvalue weighted by molar-refractivity contribution is -0.140. The summed E-state index contributed by atoms with van der Waals surface area (Å²) in [4.78, 5) is 27.1. The molecule has 2 rings (SSSR count). The molecule has 0 bridgehead atoms. The second-order valence-electron chi connectivity index (χ2n) is 6.70. The quantitative estimate of drug-likeness (QED) is 0.567. The predicted molar refractivity (Wildman–Crippen MR) is 119 cm³/mol. The number of ether oxygens (including phenoxy) is 1. The van der Waals surface area contributed by atoms with E-state index < -0.39 is 6.04 Å². The Morgan fingerprint density at radius 1 is 1.10 bits per heavy atom. The maximum Gasteiger partial charge on any atom is 0.242 e. The molecule has 2 aromatic rings. The summed E-state index contributed by atoms with van der Waals surface area (Å²) >= 11 is 1.73. The van der Waals surface area contributed by atoms with Crippen LogP contribution in [0, 0.1) is 0 Å². The highest BCUT2D eigenvalue weighted by Crippen LogP contribution is 2.19. The van der Waals surface area contributed by atoms with Crippen LogP contribution >= 0.6 is 11.8 Å². The van der Waals surface area contributed by atoms with Crippen molar-refractivity contribution in [3.63, 3.8) is 0 Å². The average Bonchev–Trinajstić information content (AvgIpc) is 2.77. The lowest BCUT2D eigenvalue weighted by Crippen LogP contribution is -2.48. The topological polar surface area (TPSA) is 58.6 Å². The zero-order valence-corrected chi connectivity index (χ0v) is 18.2. The molecule has 0 radical (unpaired) electrons. The fourth-order valence-corrected chi connectivity index (χ4v) is 4.01. The van der Waals surface area contributed by atoms with Gasteiger partial charge in [-0.15, -0.1) is 0 Å². The molecular formula is C23H30N2O3S. The van der Waals surface area contributed by atoms with Crippen LogP contribution in [0.3, 0.4) is 0 Å². The molecule has 1 N–H and O–H groups in total. The van der Waals surface area contributed by atoms with E-state index in [1.54, 1.807) is 30.8 Å². The monoisotopic (exact) mass is 414 g/mol. The second-order valence-corrected chi connectivity index (χ2v) is 7.80. The van der Waals surface area contributed by atoms with Crippen LogP contribution in [0.25, 0.3) is 0 Å². The number of carbonyl (C=O) groups is 2. The first kappa shape index (κ1) is 22.8. The van der Waals surface area contributed by atoms with E-state index in [1.165, 1.54) is 5.56 Å². The van der Waals surface area contributed by atoms with Crippen LogP contribution in [0.1, 0.15) is 30.9 Å². The molecule has 0 aliphatic heterocycles. The van der Waals surface area contributed by atoms with E-state index in [4.69, 9.17) is 4.74 Å². The first-order valence-corrected chi connectivity index (χ1v) is 11.0. The molecule has 29 heavy (non-hydrogen) atoms. The van der Waals surface area contributed by atoms with Crippen LogP contribution in [0.2, 0.25) is 0 Å². The molecule has 2 aromatic carbocycles. The highest BCUT2D eigenvalue weighted by atomic mass is 32.2. The molecule has 0 aliphatic rings. The van der Waals surface area contributed by atoms with Gasteiger partial charge in [-0.05, 0) is 29.7 Å². The summed E-state index contributed by atoms with van der Waals surface area (Å²) in [6, 6.07) is 17.3. The first-order valence-electron chi connectivity index (χ1n) is 9.84. The number of rotatable bonds is 11. The van der Waals surface area contributed by atoms with Crippen LogP contribution in [0.4, 0.5) is 0 Å². The van der Waals surface area contributed by atoms with Gasteiger partial charge in [0.2, 0.25) is 11.8 Å². The molecule has 0 fully saturated rings. The Labute approximate surface area is 177 Å². The molecular weight excluding hydrogens is 384 g/mol. The van der Waals surface area contributed by atoms with Crippen molar-refractivity contribution >= 4 is 23.6 Å². The van der Waals surface area contributed by atoms with E-state index in [-0.39, 0.29) is 11.8 Å². The fraction of sp³-hybridized carbons (Fsp3) is 0.391. The molecule has 0 saturated heterocycles. The van der Waals surface area contributed by atoms with Crippen LogP contribution in [-0.4, -0.2) is 42.7 Å². The lowest BCUT2D eigenvalue weighted by atomic mass is 10.1. The summed E-state index contributed by atoms with van der Waals surface area (Å²) in [5, 5.41) is 2.69. The van der Waals surface area contributed by atoms with Gasteiger partial charge in [0.15, 0.2) is 0 Å². The summed E-state index contributed by atoms with van der Waals surface area (Å²) in [6.07, 6.45) is 0.960. The molecule has 156 valence electrons. The molecule has 0 saturated carbocycles. The van der Waals surface area contributed by atoms with Gasteiger partial charge in [0.1, 0.15) is 11.8 Å². The summed E-state index contributed by atoms with van der Waals surface area (Å²) in [7, 11) is 3.22. The molecule has 6 heteroatoms. The number of nitrogens with zero attached hydrogens (tertiary/aromatic N) is 1. The zero-order valence-electron chi connectivity index (χ0n) is 17.4. The minimum atomic E-state index is -0.488. The summed E-state index contributed by atoms with van der Waals surface area (Å²) in [5.41, 5.74) is 2.19. The van der Waals surface area contributed by atoms with Crippen molar-refractivity contribution in [3.8, 4) is 5.75 Å². The lowest BCUT2D eigenvalue weighted by Gasteiger charge is -2.30. The number of thioether (sulfide) groups is 1. The van der Waals surface area contributed by atoms with Gasteiger partial charge >= 0.3 is 0 Å². The number of carbonyl (C=O) groups excluding carboxylic acids is 2. The first-order chi connectivity index (χ1) is 14.1. The highest BCUT2D eigenvalue weighted by molar-refractivity contribution is 7.98. The van der Waals surface area contributed by atoms with Gasteiger partial charge in [0, 0.05) is 31.5 Å². The SMILES string of the molecule is CC[C@@H](C(=O)NC)N(Cc1cccc(OC)c1)C(=O)CCSCc1ccccc1. The van der Waals surface area contributed by atoms with Gasteiger partial charge in [-0.1, -0.05) is 49.4 Å². The Balaban J connectivity index is 2.04. The highest BCUT2D eigenvalue weighted by Gasteiger charge is 2.27. The summed E-state index contributed by atoms with van der Waals surface area (Å²) in [6.45, 7) is 2.31. The second kappa shape index (κ2) is 12.2. The Kier molecular flexibility index (Phi) is 9.57. The molecule has 0 aromatic heterocycles. The number of methoxy groups -OCH3 is 1. The average molecular weight is 415 g/mol. The van der Waals surface area contributed by atoms with Crippen molar-refractivity contribution in [2.75, 3.05) is 19.9 Å². The van der Waals surface area contributed by atoms with Crippen LogP contribution in [-0.2, 0) is 21.9 Å². The van der Waals surface area contributed by atoms with Crippen LogP contribution < -0.4 is 10.1 Å². The van der Waals surface area contributed by atoms with Crippen molar-refractivity contribution < 1.29 is 14.3 Å². The van der Waals surface area contributed by atoms with E-state index in [9.17, 15) is 9.59 Å². The standard InChI is InChI=1S/C23H30N2O3S/c1-4-21(23(27)24-2)25(16-19-11-8-12-20(15-19)28-3)22(26)13-14-29-17-18-9-6-5-7-10-18/h5-12,15,21H,4,13-14,16-17H2,1-3H3,(H,24,27)/t21-/m0/s1.